The van der Waals surface area contributed by atoms with Crippen molar-refractivity contribution in [1.29, 1.82) is 0 Å². The van der Waals surface area contributed by atoms with Crippen molar-refractivity contribution in [2.24, 2.45) is 0 Å². The highest BCUT2D eigenvalue weighted by Crippen LogP contribution is 2.13. The molecule has 0 aliphatic heterocycles. The topological polar surface area (TPSA) is 43.4 Å². The Hall–Kier alpha value is -1.16. The van der Waals surface area contributed by atoms with E-state index in [1.165, 1.54) is 0 Å². The number of ketones is 1. The zero-order valence-corrected chi connectivity index (χ0v) is 9.91. The molecule has 0 aromatic heterocycles. The maximum Gasteiger partial charge on any atom is 0.313 e. The third-order valence-electron chi connectivity index (χ3n) is 1.76. The SMILES string of the molecule is CCOC(=O)CC(=O)c1cccc(Br)c1. The summed E-state index contributed by atoms with van der Waals surface area (Å²) in [5.41, 5.74) is 0.512. The molecule has 0 saturated carbocycles. The first-order valence-corrected chi connectivity index (χ1v) is 5.37. The number of ether oxygens (including phenoxy) is 1. The Labute approximate surface area is 96.6 Å². The molecular formula is C11H11BrO3. The van der Waals surface area contributed by atoms with Crippen molar-refractivity contribution >= 4 is 27.7 Å². The quantitative estimate of drug-likeness (QED) is 0.480. The fourth-order valence-electron chi connectivity index (χ4n) is 1.11. The standard InChI is InChI=1S/C11H11BrO3/c1-2-15-11(14)7-10(13)8-4-3-5-9(12)6-8/h3-6H,2,7H2,1H3. The fourth-order valence-corrected chi connectivity index (χ4v) is 1.51. The first-order chi connectivity index (χ1) is 7.13. The van der Waals surface area contributed by atoms with Gasteiger partial charge >= 0.3 is 5.97 Å². The number of carbonyl (C=O) groups is 2. The highest BCUT2D eigenvalue weighted by Gasteiger charge is 2.12. The van der Waals surface area contributed by atoms with Crippen LogP contribution >= 0.6 is 15.9 Å². The number of rotatable bonds is 4. The van der Waals surface area contributed by atoms with Crippen LogP contribution in [0.25, 0.3) is 0 Å². The van der Waals surface area contributed by atoms with Crippen LogP contribution in [-0.2, 0) is 9.53 Å². The van der Waals surface area contributed by atoms with Crippen molar-refractivity contribution in [2.45, 2.75) is 13.3 Å². The zero-order valence-electron chi connectivity index (χ0n) is 8.33. The highest BCUT2D eigenvalue weighted by atomic mass is 79.9. The third-order valence-corrected chi connectivity index (χ3v) is 2.25. The molecule has 0 aliphatic rings. The van der Waals surface area contributed by atoms with Crippen LogP contribution in [0.2, 0.25) is 0 Å². The van der Waals surface area contributed by atoms with Crippen LogP contribution in [0.15, 0.2) is 28.7 Å². The summed E-state index contributed by atoms with van der Waals surface area (Å²) >= 11 is 3.26. The molecule has 0 aliphatic carbocycles. The molecule has 0 saturated heterocycles. The Morgan fingerprint density at radius 2 is 2.13 bits per heavy atom. The lowest BCUT2D eigenvalue weighted by atomic mass is 10.1. The molecule has 1 aromatic carbocycles. The van der Waals surface area contributed by atoms with Gasteiger partial charge in [0.2, 0.25) is 0 Å². The summed E-state index contributed by atoms with van der Waals surface area (Å²) in [6.45, 7) is 2.01. The number of esters is 1. The Bertz CT molecular complexity index is 374. The predicted molar refractivity (Wildman–Crippen MR) is 59.7 cm³/mol. The monoisotopic (exact) mass is 270 g/mol. The van der Waals surface area contributed by atoms with Crippen LogP contribution < -0.4 is 0 Å². The maximum atomic E-state index is 11.6. The number of carbonyl (C=O) groups excluding carboxylic acids is 2. The molecule has 3 nitrogen and oxygen atoms in total. The van der Waals surface area contributed by atoms with Crippen LogP contribution in [0, 0.1) is 0 Å². The van der Waals surface area contributed by atoms with Gasteiger partial charge in [0.25, 0.3) is 0 Å². The summed E-state index contributed by atoms with van der Waals surface area (Å²) in [6, 6.07) is 6.93. The first-order valence-electron chi connectivity index (χ1n) is 4.58. The van der Waals surface area contributed by atoms with Crippen molar-refractivity contribution in [3.05, 3.63) is 34.3 Å². The number of hydrogen-bond donors (Lipinski definition) is 0. The molecule has 0 unspecified atom stereocenters. The van der Waals surface area contributed by atoms with Gasteiger partial charge in [0.1, 0.15) is 6.42 Å². The average molecular weight is 271 g/mol. The largest absolute Gasteiger partial charge is 0.466 e. The lowest BCUT2D eigenvalue weighted by molar-refractivity contribution is -0.141. The lowest BCUT2D eigenvalue weighted by Gasteiger charge is -2.01. The molecule has 0 N–H and O–H groups in total. The number of Topliss-reactive ketones (excluding diaryl/α,β-unsaturated/α-hetero) is 1. The van der Waals surface area contributed by atoms with Gasteiger partial charge in [-0.15, -0.1) is 0 Å². The normalized spacial score (nSPS) is 9.73. The highest BCUT2D eigenvalue weighted by molar-refractivity contribution is 9.10. The second kappa shape index (κ2) is 5.66. The van der Waals surface area contributed by atoms with Crippen molar-refractivity contribution in [1.82, 2.24) is 0 Å². The molecule has 0 amide bonds. The second-order valence-corrected chi connectivity index (χ2v) is 3.83. The molecule has 1 aromatic rings. The summed E-state index contributed by atoms with van der Waals surface area (Å²) in [6.07, 6.45) is -0.204. The van der Waals surface area contributed by atoms with E-state index in [1.807, 2.05) is 6.07 Å². The van der Waals surface area contributed by atoms with Gasteiger partial charge in [0.05, 0.1) is 6.61 Å². The zero-order chi connectivity index (χ0) is 11.3. The number of benzene rings is 1. The molecule has 0 atom stereocenters. The summed E-state index contributed by atoms with van der Waals surface area (Å²) in [5.74, 6) is -0.711. The summed E-state index contributed by atoms with van der Waals surface area (Å²) in [4.78, 5) is 22.6. The van der Waals surface area contributed by atoms with Crippen LogP contribution in [-0.4, -0.2) is 18.4 Å². The van der Waals surface area contributed by atoms with Gasteiger partial charge in [-0.25, -0.2) is 0 Å². The van der Waals surface area contributed by atoms with Gasteiger partial charge in [0, 0.05) is 10.0 Å². The smallest absolute Gasteiger partial charge is 0.313 e. The van der Waals surface area contributed by atoms with E-state index in [9.17, 15) is 9.59 Å². The minimum Gasteiger partial charge on any atom is -0.466 e. The second-order valence-electron chi connectivity index (χ2n) is 2.92. The molecule has 0 radical (unpaired) electrons. The number of hydrogen-bond acceptors (Lipinski definition) is 3. The number of halogens is 1. The van der Waals surface area contributed by atoms with Crippen LogP contribution in [0.1, 0.15) is 23.7 Å². The van der Waals surface area contributed by atoms with Crippen LogP contribution in [0.3, 0.4) is 0 Å². The van der Waals surface area contributed by atoms with Gasteiger partial charge < -0.3 is 4.74 Å². The Morgan fingerprint density at radius 1 is 1.40 bits per heavy atom. The minimum atomic E-state index is -0.484. The molecule has 0 heterocycles. The Kier molecular flexibility index (Phi) is 4.49. The van der Waals surface area contributed by atoms with Crippen molar-refractivity contribution < 1.29 is 14.3 Å². The van der Waals surface area contributed by atoms with E-state index in [0.29, 0.717) is 12.2 Å². The summed E-state index contributed by atoms with van der Waals surface area (Å²) in [7, 11) is 0. The maximum absolute atomic E-state index is 11.6. The summed E-state index contributed by atoms with van der Waals surface area (Å²) < 4.78 is 5.51. The van der Waals surface area contributed by atoms with Crippen LogP contribution in [0.5, 0.6) is 0 Å². The van der Waals surface area contributed by atoms with E-state index < -0.39 is 5.97 Å². The van der Waals surface area contributed by atoms with E-state index in [4.69, 9.17) is 4.74 Å². The molecule has 1 rings (SSSR count). The van der Waals surface area contributed by atoms with Gasteiger partial charge in [-0.3, -0.25) is 9.59 Å². The van der Waals surface area contributed by atoms with E-state index in [1.54, 1.807) is 25.1 Å². The molecular weight excluding hydrogens is 260 g/mol. The van der Waals surface area contributed by atoms with Gasteiger partial charge in [-0.1, -0.05) is 28.1 Å². The Balaban J connectivity index is 2.65. The first kappa shape index (κ1) is 11.9. The average Bonchev–Trinajstić information content (AvgIpc) is 2.18. The van der Waals surface area contributed by atoms with Gasteiger partial charge in [0.15, 0.2) is 5.78 Å². The lowest BCUT2D eigenvalue weighted by Crippen LogP contribution is -2.11. The third kappa shape index (κ3) is 3.83. The van der Waals surface area contributed by atoms with Gasteiger partial charge in [-0.2, -0.15) is 0 Å². The molecule has 0 spiro atoms. The van der Waals surface area contributed by atoms with Gasteiger partial charge in [-0.05, 0) is 19.1 Å². The molecule has 80 valence electrons. The minimum absolute atomic E-state index is 0.204. The molecule has 0 bridgehead atoms. The van der Waals surface area contributed by atoms with Crippen LogP contribution in [0.4, 0.5) is 0 Å². The van der Waals surface area contributed by atoms with Crippen molar-refractivity contribution in [3.63, 3.8) is 0 Å². The van der Waals surface area contributed by atoms with E-state index >= 15 is 0 Å². The molecule has 0 fully saturated rings. The Morgan fingerprint density at radius 3 is 2.73 bits per heavy atom. The fraction of sp³-hybridized carbons (Fsp3) is 0.273. The molecule has 15 heavy (non-hydrogen) atoms. The predicted octanol–water partition coefficient (Wildman–Crippen LogP) is 2.59. The van der Waals surface area contributed by atoms with Crippen molar-refractivity contribution in [2.75, 3.05) is 6.61 Å². The van der Waals surface area contributed by atoms with E-state index in [-0.39, 0.29) is 12.2 Å². The molecule has 4 heteroatoms. The summed E-state index contributed by atoms with van der Waals surface area (Å²) in [5, 5.41) is 0. The van der Waals surface area contributed by atoms with Crippen molar-refractivity contribution in [3.8, 4) is 0 Å². The van der Waals surface area contributed by atoms with E-state index in [0.717, 1.165) is 4.47 Å². The van der Waals surface area contributed by atoms with E-state index in [2.05, 4.69) is 15.9 Å².